The Balaban J connectivity index is 2.01. The van der Waals surface area contributed by atoms with Crippen LogP contribution in [-0.4, -0.2) is 53.1 Å². The molecule has 0 aliphatic carbocycles. The molecule has 1 saturated heterocycles. The molecule has 0 spiro atoms. The van der Waals surface area contributed by atoms with Crippen LogP contribution in [0, 0.1) is 0 Å². The summed E-state index contributed by atoms with van der Waals surface area (Å²) < 4.78 is 0. The van der Waals surface area contributed by atoms with Crippen molar-refractivity contribution in [3.63, 3.8) is 0 Å². The number of anilines is 2. The van der Waals surface area contributed by atoms with Crippen molar-refractivity contribution in [2.24, 2.45) is 0 Å². The summed E-state index contributed by atoms with van der Waals surface area (Å²) in [5.74, 6) is 0.620. The van der Waals surface area contributed by atoms with E-state index in [0.717, 1.165) is 26.2 Å². The summed E-state index contributed by atoms with van der Waals surface area (Å²) in [6.45, 7) is 3.77. The molecule has 1 aliphatic rings. The third-order valence-electron chi connectivity index (χ3n) is 2.54. The van der Waals surface area contributed by atoms with Gasteiger partial charge in [-0.2, -0.15) is 4.98 Å². The fourth-order valence-corrected chi connectivity index (χ4v) is 1.61. The number of nitrogens with two attached hydrogens (primary N) is 1. The number of piperazine rings is 1. The Kier molecular flexibility index (Phi) is 3.07. The molecular formula is C9H16N6O. The van der Waals surface area contributed by atoms with Gasteiger partial charge in [0.05, 0.1) is 0 Å². The number of hydrogen-bond donors (Lipinski definition) is 3. The van der Waals surface area contributed by atoms with Gasteiger partial charge in [0.2, 0.25) is 5.95 Å². The van der Waals surface area contributed by atoms with E-state index < -0.39 is 0 Å². The molecule has 1 aliphatic heterocycles. The van der Waals surface area contributed by atoms with Crippen LogP contribution >= 0.6 is 0 Å². The molecule has 0 atom stereocenters. The highest BCUT2D eigenvalue weighted by atomic mass is 16.1. The van der Waals surface area contributed by atoms with Gasteiger partial charge in [0.15, 0.2) is 0 Å². The van der Waals surface area contributed by atoms with E-state index in [2.05, 4.69) is 27.3 Å². The molecule has 88 valence electrons. The van der Waals surface area contributed by atoms with Crippen LogP contribution in [0.25, 0.3) is 0 Å². The van der Waals surface area contributed by atoms with Gasteiger partial charge in [-0.1, -0.05) is 0 Å². The molecule has 0 bridgehead atoms. The summed E-state index contributed by atoms with van der Waals surface area (Å²) in [6.07, 6.45) is 0. The zero-order valence-electron chi connectivity index (χ0n) is 9.23. The van der Waals surface area contributed by atoms with Gasteiger partial charge in [-0.3, -0.25) is 9.78 Å². The first-order valence-electron chi connectivity index (χ1n) is 5.20. The third-order valence-corrected chi connectivity index (χ3v) is 2.54. The van der Waals surface area contributed by atoms with Crippen molar-refractivity contribution in [2.45, 2.75) is 0 Å². The smallest absolute Gasteiger partial charge is 0.254 e. The summed E-state index contributed by atoms with van der Waals surface area (Å²) in [6, 6.07) is 1.40. The second kappa shape index (κ2) is 4.50. The molecule has 1 fully saturated rings. The fourth-order valence-electron chi connectivity index (χ4n) is 1.61. The zero-order valence-corrected chi connectivity index (χ0v) is 9.23. The van der Waals surface area contributed by atoms with Crippen molar-refractivity contribution < 1.29 is 0 Å². The molecule has 7 heteroatoms. The molecule has 1 aromatic heterocycles. The lowest BCUT2D eigenvalue weighted by molar-refractivity contribution is 0.178. The molecule has 0 radical (unpaired) electrons. The Bertz CT molecular complexity index is 409. The van der Waals surface area contributed by atoms with Gasteiger partial charge in [0.25, 0.3) is 5.56 Å². The van der Waals surface area contributed by atoms with Crippen molar-refractivity contribution in [1.29, 1.82) is 0 Å². The van der Waals surface area contributed by atoms with Crippen LogP contribution < -0.4 is 16.7 Å². The molecule has 2 heterocycles. The average molecular weight is 224 g/mol. The molecule has 1 aromatic rings. The highest BCUT2D eigenvalue weighted by molar-refractivity contribution is 5.36. The highest BCUT2D eigenvalue weighted by Crippen LogP contribution is 2.04. The van der Waals surface area contributed by atoms with Crippen LogP contribution in [0.3, 0.4) is 0 Å². The number of hydrazine groups is 1. The Labute approximate surface area is 93.2 Å². The summed E-state index contributed by atoms with van der Waals surface area (Å²) in [5, 5.41) is 2.03. The van der Waals surface area contributed by atoms with Crippen LogP contribution in [0.1, 0.15) is 0 Å². The minimum Gasteiger partial charge on any atom is -0.369 e. The molecule has 0 unspecified atom stereocenters. The number of H-pyrrole nitrogens is 1. The Hall–Kier alpha value is -1.60. The molecule has 0 saturated carbocycles. The predicted octanol–water partition coefficient (Wildman–Crippen LogP) is -1.07. The monoisotopic (exact) mass is 224 g/mol. The highest BCUT2D eigenvalue weighted by Gasteiger charge is 2.13. The zero-order chi connectivity index (χ0) is 11.5. The largest absolute Gasteiger partial charge is 0.369 e. The maximum atomic E-state index is 11.2. The number of nitrogen functional groups attached to an aromatic ring is 1. The van der Waals surface area contributed by atoms with E-state index in [1.165, 1.54) is 6.07 Å². The lowest BCUT2D eigenvalue weighted by atomic mass is 10.4. The van der Waals surface area contributed by atoms with Gasteiger partial charge >= 0.3 is 0 Å². The maximum Gasteiger partial charge on any atom is 0.254 e. The quantitative estimate of drug-likeness (QED) is 0.592. The number of nitrogens with zero attached hydrogens (tertiary/aromatic N) is 3. The Morgan fingerprint density at radius 1 is 1.44 bits per heavy atom. The van der Waals surface area contributed by atoms with Crippen LogP contribution in [0.2, 0.25) is 0 Å². The van der Waals surface area contributed by atoms with E-state index >= 15 is 0 Å². The van der Waals surface area contributed by atoms with Gasteiger partial charge in [-0.05, 0) is 7.05 Å². The van der Waals surface area contributed by atoms with Crippen molar-refractivity contribution in [2.75, 3.05) is 44.4 Å². The van der Waals surface area contributed by atoms with E-state index in [4.69, 9.17) is 5.73 Å². The first-order valence-corrected chi connectivity index (χ1v) is 5.20. The van der Waals surface area contributed by atoms with Gasteiger partial charge in [0, 0.05) is 32.2 Å². The van der Waals surface area contributed by atoms with Crippen molar-refractivity contribution in [3.05, 3.63) is 16.4 Å². The van der Waals surface area contributed by atoms with Crippen LogP contribution in [0.15, 0.2) is 10.9 Å². The lowest BCUT2D eigenvalue weighted by Crippen LogP contribution is -2.47. The predicted molar refractivity (Wildman–Crippen MR) is 62.0 cm³/mol. The summed E-state index contributed by atoms with van der Waals surface area (Å²) in [7, 11) is 2.08. The maximum absolute atomic E-state index is 11.2. The summed E-state index contributed by atoms with van der Waals surface area (Å²) in [4.78, 5) is 19.8. The number of hydrogen-bond acceptors (Lipinski definition) is 6. The molecular weight excluding hydrogens is 208 g/mol. The van der Waals surface area contributed by atoms with Crippen molar-refractivity contribution in [3.8, 4) is 0 Å². The number of rotatable bonds is 2. The van der Waals surface area contributed by atoms with E-state index in [0.29, 0.717) is 5.82 Å². The number of nitrogens with one attached hydrogen (secondary N) is 2. The molecule has 0 amide bonds. The van der Waals surface area contributed by atoms with E-state index in [-0.39, 0.29) is 11.5 Å². The van der Waals surface area contributed by atoms with E-state index in [9.17, 15) is 4.79 Å². The molecule has 7 nitrogen and oxygen atoms in total. The number of aromatic amines is 1. The second-order valence-electron chi connectivity index (χ2n) is 3.92. The van der Waals surface area contributed by atoms with E-state index in [1.807, 2.05) is 5.01 Å². The molecule has 16 heavy (non-hydrogen) atoms. The van der Waals surface area contributed by atoms with Crippen molar-refractivity contribution >= 4 is 11.8 Å². The van der Waals surface area contributed by atoms with Crippen LogP contribution in [-0.2, 0) is 0 Å². The first kappa shape index (κ1) is 10.9. The summed E-state index contributed by atoms with van der Waals surface area (Å²) in [5.41, 5.74) is 8.29. The Morgan fingerprint density at radius 2 is 2.12 bits per heavy atom. The standard InChI is InChI=1S/C9H16N6O/c1-14-2-4-15(5-3-14)13-7-6-8(16)12-9(10)11-7/h6H,2-5H2,1H3,(H4,10,11,12,13,16). The molecule has 2 rings (SSSR count). The molecule has 4 N–H and O–H groups in total. The summed E-state index contributed by atoms with van der Waals surface area (Å²) >= 11 is 0. The van der Waals surface area contributed by atoms with Crippen molar-refractivity contribution in [1.82, 2.24) is 19.9 Å². The lowest BCUT2D eigenvalue weighted by Gasteiger charge is -2.32. The minimum absolute atomic E-state index is 0.129. The minimum atomic E-state index is -0.246. The first-order chi connectivity index (χ1) is 7.63. The van der Waals surface area contributed by atoms with Crippen LogP contribution in [0.5, 0.6) is 0 Å². The Morgan fingerprint density at radius 3 is 2.75 bits per heavy atom. The normalized spacial score (nSPS) is 18.6. The third kappa shape index (κ3) is 2.71. The number of aromatic nitrogens is 2. The second-order valence-corrected chi connectivity index (χ2v) is 3.92. The van der Waals surface area contributed by atoms with Crippen LogP contribution in [0.4, 0.5) is 11.8 Å². The topological polar surface area (TPSA) is 90.3 Å². The van der Waals surface area contributed by atoms with Gasteiger partial charge in [0.1, 0.15) is 5.82 Å². The number of likely N-dealkylation sites (N-methyl/N-ethyl adjacent to an activating group) is 1. The van der Waals surface area contributed by atoms with Gasteiger partial charge < -0.3 is 16.1 Å². The molecule has 0 aromatic carbocycles. The van der Waals surface area contributed by atoms with E-state index in [1.54, 1.807) is 0 Å². The average Bonchev–Trinajstić information content (AvgIpc) is 2.20. The van der Waals surface area contributed by atoms with Gasteiger partial charge in [-0.15, -0.1) is 0 Å². The van der Waals surface area contributed by atoms with Gasteiger partial charge in [-0.25, -0.2) is 5.01 Å². The SMILES string of the molecule is CN1CCN(Nc2cc(=O)[nH]c(N)n2)CC1. The fraction of sp³-hybridized carbons (Fsp3) is 0.556.